The largest absolute Gasteiger partial charge is 0.494 e. The molecule has 0 aliphatic carbocycles. The van der Waals surface area contributed by atoms with E-state index in [1.165, 1.54) is 11.8 Å². The first kappa shape index (κ1) is 19.2. The molecule has 0 amide bonds. The van der Waals surface area contributed by atoms with Gasteiger partial charge in [0.05, 0.1) is 12.4 Å². The summed E-state index contributed by atoms with van der Waals surface area (Å²) in [5.74, 6) is 0.701. The van der Waals surface area contributed by atoms with Gasteiger partial charge >= 0.3 is 0 Å². The smallest absolute Gasteiger partial charge is 0.214 e. The fourth-order valence-electron chi connectivity index (χ4n) is 3.38. The summed E-state index contributed by atoms with van der Waals surface area (Å²) in [7, 11) is 1.61. The van der Waals surface area contributed by atoms with Crippen molar-refractivity contribution >= 4 is 28.4 Å². The zero-order valence-electron chi connectivity index (χ0n) is 16.6. The van der Waals surface area contributed by atoms with E-state index in [-0.39, 0.29) is 11.0 Å². The van der Waals surface area contributed by atoms with Crippen LogP contribution in [0.25, 0.3) is 16.6 Å². The highest BCUT2D eigenvalue weighted by molar-refractivity contribution is 8.00. The zero-order valence-corrected chi connectivity index (χ0v) is 17.4. The number of carbonyl (C=O) groups is 1. The molecular weight excluding hydrogens is 386 g/mol. The molecule has 0 aliphatic rings. The number of hydrogen-bond donors (Lipinski definition) is 1. The Balaban J connectivity index is 1.66. The topological polar surface area (TPSA) is 85.7 Å². The van der Waals surface area contributed by atoms with Gasteiger partial charge in [-0.3, -0.25) is 4.79 Å². The zero-order chi connectivity index (χ0) is 20.5. The predicted octanol–water partition coefficient (Wildman–Crippen LogP) is 4.13. The molecule has 2 aromatic carbocycles. The van der Waals surface area contributed by atoms with Gasteiger partial charge in [-0.15, -0.1) is 5.10 Å². The van der Waals surface area contributed by atoms with Crippen molar-refractivity contribution in [2.45, 2.75) is 31.2 Å². The number of aromatic nitrogens is 5. The first-order chi connectivity index (χ1) is 14.0. The van der Waals surface area contributed by atoms with Gasteiger partial charge in [0.15, 0.2) is 5.78 Å². The van der Waals surface area contributed by atoms with E-state index < -0.39 is 0 Å². The third-order valence-electron chi connectivity index (χ3n) is 4.79. The van der Waals surface area contributed by atoms with Crippen LogP contribution in [0.3, 0.4) is 0 Å². The van der Waals surface area contributed by atoms with E-state index in [0.717, 1.165) is 27.8 Å². The molecule has 1 atom stereocenters. The minimum absolute atomic E-state index is 0.0377. The average molecular weight is 407 g/mol. The SMILES string of the molecule is COc1ccc(C)cc1-n1nnnc1S[C@@H](C)C(=O)c1c(C)[nH]c2ccccc12. The number of H-pyrrole nitrogens is 1. The van der Waals surface area contributed by atoms with Crippen LogP contribution in [0.5, 0.6) is 5.75 Å². The number of rotatable bonds is 6. The number of methoxy groups -OCH3 is 1. The fourth-order valence-corrected chi connectivity index (χ4v) is 4.24. The summed E-state index contributed by atoms with van der Waals surface area (Å²) < 4.78 is 7.07. The van der Waals surface area contributed by atoms with Crippen LogP contribution in [0.1, 0.15) is 28.5 Å². The standard InChI is InChI=1S/C21H21N5O2S/c1-12-9-10-18(28-4)17(11-12)26-21(23-24-25-26)29-14(3)20(27)19-13(2)22-16-8-6-5-7-15(16)19/h5-11,14,22H,1-4H3/t14-/m0/s1. The average Bonchev–Trinajstić information content (AvgIpc) is 3.30. The van der Waals surface area contributed by atoms with E-state index >= 15 is 0 Å². The van der Waals surface area contributed by atoms with Crippen LogP contribution in [-0.2, 0) is 0 Å². The van der Waals surface area contributed by atoms with Crippen molar-refractivity contribution in [2.24, 2.45) is 0 Å². The molecule has 8 heteroatoms. The number of hydrogen-bond acceptors (Lipinski definition) is 6. The van der Waals surface area contributed by atoms with Crippen LogP contribution in [0.15, 0.2) is 47.6 Å². The summed E-state index contributed by atoms with van der Waals surface area (Å²) in [4.78, 5) is 16.5. The monoisotopic (exact) mass is 407 g/mol. The number of nitrogens with zero attached hydrogens (tertiary/aromatic N) is 4. The second kappa shape index (κ2) is 7.71. The summed E-state index contributed by atoms with van der Waals surface area (Å²) in [6.07, 6.45) is 0. The third-order valence-corrected chi connectivity index (χ3v) is 5.83. The highest BCUT2D eigenvalue weighted by Gasteiger charge is 2.25. The Bertz CT molecular complexity index is 1200. The summed E-state index contributed by atoms with van der Waals surface area (Å²) in [5, 5.41) is 13.2. The highest BCUT2D eigenvalue weighted by atomic mass is 32.2. The highest BCUT2D eigenvalue weighted by Crippen LogP contribution is 2.31. The predicted molar refractivity (Wildman–Crippen MR) is 113 cm³/mol. The van der Waals surface area contributed by atoms with Gasteiger partial charge in [-0.25, -0.2) is 0 Å². The van der Waals surface area contributed by atoms with Crippen molar-refractivity contribution in [1.82, 2.24) is 25.2 Å². The van der Waals surface area contributed by atoms with E-state index in [1.807, 2.05) is 63.2 Å². The molecule has 7 nitrogen and oxygen atoms in total. The second-order valence-corrected chi connectivity index (χ2v) is 8.15. The van der Waals surface area contributed by atoms with Crippen LogP contribution in [0.4, 0.5) is 0 Å². The van der Waals surface area contributed by atoms with Crippen molar-refractivity contribution in [1.29, 1.82) is 0 Å². The van der Waals surface area contributed by atoms with Crippen LogP contribution in [-0.4, -0.2) is 43.3 Å². The normalized spacial score (nSPS) is 12.3. The molecule has 0 fully saturated rings. The Morgan fingerprint density at radius 3 is 2.79 bits per heavy atom. The number of Topliss-reactive ketones (excluding diaryl/α,β-unsaturated/α-hetero) is 1. The summed E-state index contributed by atoms with van der Waals surface area (Å²) in [5.41, 5.74) is 4.34. The van der Waals surface area contributed by atoms with Gasteiger partial charge in [0.25, 0.3) is 0 Å². The Hall–Kier alpha value is -3.13. The lowest BCUT2D eigenvalue weighted by Gasteiger charge is -2.13. The number of aromatic amines is 1. The molecule has 148 valence electrons. The number of para-hydroxylation sites is 1. The van der Waals surface area contributed by atoms with Crippen LogP contribution in [0.2, 0.25) is 0 Å². The number of benzene rings is 2. The van der Waals surface area contributed by atoms with Crippen LogP contribution < -0.4 is 4.74 Å². The number of carbonyl (C=O) groups excluding carboxylic acids is 1. The number of nitrogens with one attached hydrogen (secondary N) is 1. The lowest BCUT2D eigenvalue weighted by atomic mass is 10.1. The van der Waals surface area contributed by atoms with Crippen molar-refractivity contribution in [3.63, 3.8) is 0 Å². The van der Waals surface area contributed by atoms with Crippen molar-refractivity contribution in [3.05, 3.63) is 59.3 Å². The molecule has 4 aromatic rings. The number of ether oxygens (including phenoxy) is 1. The van der Waals surface area contributed by atoms with E-state index in [0.29, 0.717) is 16.5 Å². The van der Waals surface area contributed by atoms with Crippen molar-refractivity contribution in [3.8, 4) is 11.4 Å². The van der Waals surface area contributed by atoms with Crippen LogP contribution in [0, 0.1) is 13.8 Å². The van der Waals surface area contributed by atoms with Gasteiger partial charge in [0.2, 0.25) is 5.16 Å². The van der Waals surface area contributed by atoms with Gasteiger partial charge in [0, 0.05) is 22.2 Å². The van der Waals surface area contributed by atoms with Crippen LogP contribution >= 0.6 is 11.8 Å². The number of fused-ring (bicyclic) bond motifs is 1. The fraction of sp³-hybridized carbons (Fsp3) is 0.238. The quantitative estimate of drug-likeness (QED) is 0.382. The van der Waals surface area contributed by atoms with Crippen molar-refractivity contribution < 1.29 is 9.53 Å². The minimum atomic E-state index is -0.367. The maximum atomic E-state index is 13.2. The Labute approximate surface area is 172 Å². The van der Waals surface area contributed by atoms with Crippen molar-refractivity contribution in [2.75, 3.05) is 7.11 Å². The molecule has 29 heavy (non-hydrogen) atoms. The molecule has 2 aromatic heterocycles. The molecule has 1 N–H and O–H groups in total. The molecule has 2 heterocycles. The van der Waals surface area contributed by atoms with Gasteiger partial charge in [-0.05, 0) is 55.0 Å². The van der Waals surface area contributed by atoms with Gasteiger partial charge < -0.3 is 9.72 Å². The lowest BCUT2D eigenvalue weighted by Crippen LogP contribution is -2.15. The van der Waals surface area contributed by atoms with E-state index in [2.05, 4.69) is 20.5 Å². The van der Waals surface area contributed by atoms with Gasteiger partial charge in [0.1, 0.15) is 11.4 Å². The molecular formula is C21H21N5O2S. The Morgan fingerprint density at radius 1 is 1.21 bits per heavy atom. The third kappa shape index (κ3) is 3.51. The number of ketones is 1. The van der Waals surface area contributed by atoms with E-state index in [9.17, 15) is 4.79 Å². The summed E-state index contributed by atoms with van der Waals surface area (Å²) in [6.45, 7) is 5.79. The van der Waals surface area contributed by atoms with Gasteiger partial charge in [-0.1, -0.05) is 36.0 Å². The molecule has 0 radical (unpaired) electrons. The van der Waals surface area contributed by atoms with Gasteiger partial charge in [-0.2, -0.15) is 4.68 Å². The molecule has 0 unspecified atom stereocenters. The lowest BCUT2D eigenvalue weighted by molar-refractivity contribution is 0.0995. The molecule has 0 saturated heterocycles. The molecule has 4 rings (SSSR count). The molecule has 0 spiro atoms. The molecule has 0 bridgehead atoms. The summed E-state index contributed by atoms with van der Waals surface area (Å²) >= 11 is 1.33. The first-order valence-corrected chi connectivity index (χ1v) is 10.1. The maximum absolute atomic E-state index is 13.2. The van der Waals surface area contributed by atoms with E-state index in [1.54, 1.807) is 11.8 Å². The number of tetrazole rings is 1. The molecule has 0 aliphatic heterocycles. The maximum Gasteiger partial charge on any atom is 0.214 e. The Kier molecular flexibility index (Phi) is 5.10. The molecule has 0 saturated carbocycles. The number of aryl methyl sites for hydroxylation is 2. The summed E-state index contributed by atoms with van der Waals surface area (Å²) in [6, 6.07) is 13.6. The minimum Gasteiger partial charge on any atom is -0.494 e. The van der Waals surface area contributed by atoms with E-state index in [4.69, 9.17) is 4.74 Å². The first-order valence-electron chi connectivity index (χ1n) is 9.21. The Morgan fingerprint density at radius 2 is 2.00 bits per heavy atom. The number of thioether (sulfide) groups is 1. The second-order valence-electron chi connectivity index (χ2n) is 6.84.